The zero-order valence-electron chi connectivity index (χ0n) is 18.1. The van der Waals surface area contributed by atoms with E-state index < -0.39 is 0 Å². The van der Waals surface area contributed by atoms with Crippen molar-refractivity contribution in [1.29, 1.82) is 0 Å². The highest BCUT2D eigenvalue weighted by Gasteiger charge is 2.21. The Labute approximate surface area is 187 Å². The number of para-hydroxylation sites is 1. The first-order chi connectivity index (χ1) is 15.1. The van der Waals surface area contributed by atoms with Crippen molar-refractivity contribution in [3.05, 3.63) is 69.2 Å². The van der Waals surface area contributed by atoms with Crippen molar-refractivity contribution in [2.75, 3.05) is 19.6 Å². The van der Waals surface area contributed by atoms with Gasteiger partial charge in [-0.1, -0.05) is 23.4 Å². The Hall–Kier alpha value is -2.64. The number of carbonyl (C=O) groups is 1. The summed E-state index contributed by atoms with van der Waals surface area (Å²) in [5, 5.41) is 9.21. The average Bonchev–Trinajstić information content (AvgIpc) is 3.41. The predicted molar refractivity (Wildman–Crippen MR) is 121 cm³/mol. The minimum Gasteiger partial charge on any atom is -0.488 e. The minimum atomic E-state index is -0.0876. The monoisotopic (exact) mass is 439 g/mol. The second kappa shape index (κ2) is 10.1. The fraction of sp³-hybridized carbons (Fsp3) is 0.417. The summed E-state index contributed by atoms with van der Waals surface area (Å²) in [5.41, 5.74) is 2.29. The Kier molecular flexibility index (Phi) is 7.04. The van der Waals surface area contributed by atoms with Crippen LogP contribution in [0.1, 0.15) is 45.1 Å². The van der Waals surface area contributed by atoms with Crippen molar-refractivity contribution < 1.29 is 14.1 Å². The topological polar surface area (TPSA) is 67.6 Å². The molecule has 1 aromatic carbocycles. The molecule has 1 saturated heterocycles. The number of hydrogen-bond donors (Lipinski definition) is 1. The first-order valence-corrected chi connectivity index (χ1v) is 11.6. The third-order valence-electron chi connectivity index (χ3n) is 5.90. The van der Waals surface area contributed by atoms with Crippen molar-refractivity contribution in [2.45, 2.75) is 39.8 Å². The van der Waals surface area contributed by atoms with E-state index in [1.807, 2.05) is 49.4 Å². The molecule has 1 amide bonds. The molecule has 0 spiro atoms. The van der Waals surface area contributed by atoms with Gasteiger partial charge in [-0.15, -0.1) is 11.3 Å². The highest BCUT2D eigenvalue weighted by molar-refractivity contribution is 7.09. The van der Waals surface area contributed by atoms with Gasteiger partial charge in [0.15, 0.2) is 0 Å². The van der Waals surface area contributed by atoms with Gasteiger partial charge in [-0.2, -0.15) is 0 Å². The number of hydrogen-bond acceptors (Lipinski definition) is 6. The lowest BCUT2D eigenvalue weighted by atomic mass is 9.96. The summed E-state index contributed by atoms with van der Waals surface area (Å²) in [4.78, 5) is 16.8. The number of rotatable bonds is 8. The predicted octanol–water partition coefficient (Wildman–Crippen LogP) is 4.57. The summed E-state index contributed by atoms with van der Waals surface area (Å²) in [6.45, 7) is 7.97. The van der Waals surface area contributed by atoms with Gasteiger partial charge in [-0.25, -0.2) is 0 Å². The molecule has 0 unspecified atom stereocenters. The first-order valence-electron chi connectivity index (χ1n) is 10.8. The smallest absolute Gasteiger partial charge is 0.255 e. The van der Waals surface area contributed by atoms with Crippen LogP contribution in [0.15, 0.2) is 46.3 Å². The van der Waals surface area contributed by atoms with Crippen LogP contribution in [-0.2, 0) is 13.2 Å². The maximum absolute atomic E-state index is 12.8. The molecular formula is C24H29N3O3S. The number of amides is 1. The van der Waals surface area contributed by atoms with Gasteiger partial charge in [0.05, 0.1) is 16.8 Å². The van der Waals surface area contributed by atoms with Gasteiger partial charge >= 0.3 is 0 Å². The number of aryl methyl sites for hydroxylation is 2. The van der Waals surface area contributed by atoms with E-state index in [1.54, 1.807) is 0 Å². The lowest BCUT2D eigenvalue weighted by molar-refractivity contribution is 0.0931. The third-order valence-corrected chi connectivity index (χ3v) is 6.76. The van der Waals surface area contributed by atoms with Gasteiger partial charge in [0.25, 0.3) is 5.91 Å². The molecule has 1 fully saturated rings. The van der Waals surface area contributed by atoms with Crippen molar-refractivity contribution >= 4 is 17.2 Å². The zero-order chi connectivity index (χ0) is 21.6. The molecule has 0 aliphatic carbocycles. The number of aromatic nitrogens is 1. The maximum atomic E-state index is 12.8. The minimum absolute atomic E-state index is 0.0876. The lowest BCUT2D eigenvalue weighted by Crippen LogP contribution is -2.38. The van der Waals surface area contributed by atoms with E-state index in [9.17, 15) is 4.79 Å². The second-order valence-electron chi connectivity index (χ2n) is 8.10. The number of likely N-dealkylation sites (tertiary alicyclic amines) is 1. The Morgan fingerprint density at radius 2 is 2.03 bits per heavy atom. The maximum Gasteiger partial charge on any atom is 0.255 e. The summed E-state index contributed by atoms with van der Waals surface area (Å²) in [6.07, 6.45) is 2.21. The van der Waals surface area contributed by atoms with Gasteiger partial charge in [0.1, 0.15) is 18.1 Å². The molecule has 164 valence electrons. The van der Waals surface area contributed by atoms with E-state index in [0.29, 0.717) is 30.4 Å². The van der Waals surface area contributed by atoms with E-state index in [4.69, 9.17) is 9.26 Å². The van der Waals surface area contributed by atoms with Gasteiger partial charge in [0.2, 0.25) is 0 Å². The van der Waals surface area contributed by atoms with Crippen LogP contribution in [0.2, 0.25) is 0 Å². The quantitative estimate of drug-likeness (QED) is 0.557. The molecule has 0 radical (unpaired) electrons. The number of nitrogens with one attached hydrogen (secondary N) is 1. The molecule has 1 aliphatic heterocycles. The number of piperidine rings is 1. The molecule has 3 heterocycles. The molecule has 0 bridgehead atoms. The summed E-state index contributed by atoms with van der Waals surface area (Å²) in [7, 11) is 0. The zero-order valence-corrected chi connectivity index (χ0v) is 18.9. The molecular weight excluding hydrogens is 410 g/mol. The van der Waals surface area contributed by atoms with E-state index in [1.165, 1.54) is 4.88 Å². The molecule has 7 heteroatoms. The summed E-state index contributed by atoms with van der Waals surface area (Å²) in [5.74, 6) is 1.74. The molecule has 0 saturated carbocycles. The van der Waals surface area contributed by atoms with E-state index in [2.05, 4.69) is 32.9 Å². The van der Waals surface area contributed by atoms with Gasteiger partial charge in [0, 0.05) is 18.0 Å². The summed E-state index contributed by atoms with van der Waals surface area (Å²) >= 11 is 1.82. The van der Waals surface area contributed by atoms with Crippen molar-refractivity contribution in [3.8, 4) is 5.75 Å². The molecule has 4 rings (SSSR count). The molecule has 1 N–H and O–H groups in total. The Morgan fingerprint density at radius 1 is 1.23 bits per heavy atom. The normalized spacial score (nSPS) is 15.2. The fourth-order valence-electron chi connectivity index (χ4n) is 3.94. The van der Waals surface area contributed by atoms with Crippen LogP contribution < -0.4 is 10.1 Å². The summed E-state index contributed by atoms with van der Waals surface area (Å²) in [6, 6.07) is 11.7. The van der Waals surface area contributed by atoms with E-state index >= 15 is 0 Å². The molecule has 2 aromatic heterocycles. The van der Waals surface area contributed by atoms with Crippen molar-refractivity contribution in [2.24, 2.45) is 5.92 Å². The molecule has 6 nitrogen and oxygen atoms in total. The van der Waals surface area contributed by atoms with Crippen LogP contribution in [0.25, 0.3) is 0 Å². The van der Waals surface area contributed by atoms with Gasteiger partial charge < -0.3 is 14.6 Å². The number of ether oxygens (including phenoxy) is 1. The van der Waals surface area contributed by atoms with Crippen molar-refractivity contribution in [1.82, 2.24) is 15.4 Å². The third kappa shape index (κ3) is 5.54. The Bertz CT molecular complexity index is 972. The lowest BCUT2D eigenvalue weighted by Gasteiger charge is -2.31. The Morgan fingerprint density at radius 3 is 2.74 bits per heavy atom. The van der Waals surface area contributed by atoms with Gasteiger partial charge in [-0.05, 0) is 69.3 Å². The van der Waals surface area contributed by atoms with E-state index in [-0.39, 0.29) is 5.91 Å². The van der Waals surface area contributed by atoms with Crippen LogP contribution in [0, 0.1) is 19.8 Å². The average molecular weight is 440 g/mol. The SMILES string of the molecule is Cc1noc(C)c1COc1ccccc1C(=O)NCC1CCN(Cc2cccs2)CC1. The number of thiophene rings is 1. The van der Waals surface area contributed by atoms with Gasteiger partial charge in [-0.3, -0.25) is 9.69 Å². The summed E-state index contributed by atoms with van der Waals surface area (Å²) < 4.78 is 11.1. The molecule has 3 aromatic rings. The fourth-order valence-corrected chi connectivity index (χ4v) is 4.69. The number of benzene rings is 1. The highest BCUT2D eigenvalue weighted by Crippen LogP contribution is 2.23. The highest BCUT2D eigenvalue weighted by atomic mass is 32.1. The van der Waals surface area contributed by atoms with Crippen LogP contribution in [0.4, 0.5) is 0 Å². The van der Waals surface area contributed by atoms with E-state index in [0.717, 1.165) is 49.5 Å². The largest absolute Gasteiger partial charge is 0.488 e. The molecule has 31 heavy (non-hydrogen) atoms. The van der Waals surface area contributed by atoms with Crippen LogP contribution >= 0.6 is 11.3 Å². The number of carbonyl (C=O) groups excluding carboxylic acids is 1. The van der Waals surface area contributed by atoms with Crippen LogP contribution in [-0.4, -0.2) is 35.6 Å². The van der Waals surface area contributed by atoms with Crippen LogP contribution in [0.3, 0.4) is 0 Å². The van der Waals surface area contributed by atoms with Crippen molar-refractivity contribution in [3.63, 3.8) is 0 Å². The Balaban J connectivity index is 1.27. The second-order valence-corrected chi connectivity index (χ2v) is 9.13. The number of nitrogens with zero attached hydrogens (tertiary/aromatic N) is 2. The standard InChI is InChI=1S/C24H29N3O3S/c1-17-22(18(2)30-26-17)16-29-23-8-4-3-7-21(23)24(28)25-14-19-9-11-27(12-10-19)15-20-6-5-13-31-20/h3-8,13,19H,9-12,14-16H2,1-2H3,(H,25,28). The van der Waals surface area contributed by atoms with Crippen LogP contribution in [0.5, 0.6) is 5.75 Å². The first kappa shape index (κ1) is 21.6. The molecule has 1 aliphatic rings. The molecule has 0 atom stereocenters.